The second-order valence-corrected chi connectivity index (χ2v) is 10.2. The molecule has 0 amide bonds. The summed E-state index contributed by atoms with van der Waals surface area (Å²) in [7, 11) is 13.3. The maximum atomic E-state index is 5.74. The SMILES string of the molecule is COc1cc(C2N(Cc3ccc(N(C)C)cc3)CCCN2Cc2ccc(N(C)C)cc2)cc(OC)c1OC. The van der Waals surface area contributed by atoms with E-state index in [0.717, 1.165) is 38.2 Å². The van der Waals surface area contributed by atoms with Crippen LogP contribution in [-0.2, 0) is 13.1 Å². The normalized spacial score (nSPS) is 14.8. The molecule has 3 aromatic rings. The summed E-state index contributed by atoms with van der Waals surface area (Å²) in [6.07, 6.45) is 1.16. The molecule has 0 N–H and O–H groups in total. The highest BCUT2D eigenvalue weighted by atomic mass is 16.5. The van der Waals surface area contributed by atoms with Crippen LogP contribution in [0.3, 0.4) is 0 Å². The zero-order valence-electron chi connectivity index (χ0n) is 23.9. The smallest absolute Gasteiger partial charge is 0.203 e. The molecule has 38 heavy (non-hydrogen) atoms. The monoisotopic (exact) mass is 518 g/mol. The number of hydrogen-bond acceptors (Lipinski definition) is 7. The molecule has 0 saturated carbocycles. The summed E-state index contributed by atoms with van der Waals surface area (Å²) in [6.45, 7) is 3.72. The quantitative estimate of drug-likeness (QED) is 0.363. The molecule has 4 rings (SSSR count). The van der Waals surface area contributed by atoms with Gasteiger partial charge in [0, 0.05) is 65.7 Å². The van der Waals surface area contributed by atoms with E-state index in [4.69, 9.17) is 14.2 Å². The Hall–Kier alpha value is -3.42. The molecule has 0 aromatic heterocycles. The molecule has 1 heterocycles. The Balaban J connectivity index is 1.71. The molecule has 1 aliphatic rings. The largest absolute Gasteiger partial charge is 0.493 e. The molecule has 1 saturated heterocycles. The van der Waals surface area contributed by atoms with Crippen LogP contribution in [0, 0.1) is 0 Å². The lowest BCUT2D eigenvalue weighted by atomic mass is 10.0. The van der Waals surface area contributed by atoms with Gasteiger partial charge in [-0.1, -0.05) is 24.3 Å². The predicted octanol–water partition coefficient (Wildman–Crippen LogP) is 5.25. The van der Waals surface area contributed by atoms with Gasteiger partial charge in [0.15, 0.2) is 11.5 Å². The van der Waals surface area contributed by atoms with E-state index in [9.17, 15) is 0 Å². The zero-order chi connectivity index (χ0) is 27.2. The van der Waals surface area contributed by atoms with Crippen LogP contribution < -0.4 is 24.0 Å². The minimum Gasteiger partial charge on any atom is -0.493 e. The summed E-state index contributed by atoms with van der Waals surface area (Å²) < 4.78 is 17.1. The average Bonchev–Trinajstić information content (AvgIpc) is 2.93. The molecule has 0 aliphatic carbocycles. The van der Waals surface area contributed by atoms with Gasteiger partial charge in [-0.05, 0) is 59.5 Å². The van der Waals surface area contributed by atoms with Crippen LogP contribution in [-0.4, -0.2) is 72.4 Å². The summed E-state index contributed by atoms with van der Waals surface area (Å²) in [5, 5.41) is 0. The number of benzene rings is 3. The molecule has 204 valence electrons. The molecule has 0 radical (unpaired) electrons. The molecule has 0 unspecified atom stereocenters. The molecular weight excluding hydrogens is 476 g/mol. The Kier molecular flexibility index (Phi) is 9.02. The molecular formula is C31H42N4O3. The van der Waals surface area contributed by atoms with E-state index < -0.39 is 0 Å². The van der Waals surface area contributed by atoms with Gasteiger partial charge in [0.25, 0.3) is 0 Å². The first-order chi connectivity index (χ1) is 18.3. The first-order valence-corrected chi connectivity index (χ1v) is 13.1. The van der Waals surface area contributed by atoms with Crippen LogP contribution in [0.1, 0.15) is 29.3 Å². The van der Waals surface area contributed by atoms with Crippen LogP contribution in [0.2, 0.25) is 0 Å². The first-order valence-electron chi connectivity index (χ1n) is 13.1. The summed E-state index contributed by atoms with van der Waals surface area (Å²) >= 11 is 0. The highest BCUT2D eigenvalue weighted by molar-refractivity contribution is 5.54. The lowest BCUT2D eigenvalue weighted by Crippen LogP contribution is -2.46. The fourth-order valence-corrected chi connectivity index (χ4v) is 5.22. The second-order valence-electron chi connectivity index (χ2n) is 10.2. The summed E-state index contributed by atoms with van der Waals surface area (Å²) in [4.78, 5) is 9.38. The van der Waals surface area contributed by atoms with Crippen LogP contribution >= 0.6 is 0 Å². The topological polar surface area (TPSA) is 40.7 Å². The highest BCUT2D eigenvalue weighted by Crippen LogP contribution is 2.43. The third-order valence-electron chi connectivity index (χ3n) is 7.24. The van der Waals surface area contributed by atoms with Crippen molar-refractivity contribution in [2.75, 3.05) is 72.4 Å². The molecule has 7 nitrogen and oxygen atoms in total. The second kappa shape index (κ2) is 12.4. The molecule has 1 fully saturated rings. The van der Waals surface area contributed by atoms with E-state index in [1.165, 1.54) is 22.5 Å². The third-order valence-corrected chi connectivity index (χ3v) is 7.24. The van der Waals surface area contributed by atoms with Gasteiger partial charge in [-0.25, -0.2) is 0 Å². The molecule has 1 aliphatic heterocycles. The summed E-state index contributed by atoms with van der Waals surface area (Å²) in [5.41, 5.74) is 6.14. The van der Waals surface area contributed by atoms with Crippen LogP contribution in [0.15, 0.2) is 60.7 Å². The Morgan fingerprint density at radius 1 is 0.658 bits per heavy atom. The number of anilines is 2. The fourth-order valence-electron chi connectivity index (χ4n) is 5.22. The minimum atomic E-state index is 0.0551. The Bertz CT molecular complexity index is 1090. The lowest BCUT2D eigenvalue weighted by molar-refractivity contribution is -0.00931. The van der Waals surface area contributed by atoms with Crippen molar-refractivity contribution in [2.45, 2.75) is 25.7 Å². The van der Waals surface area contributed by atoms with Crippen LogP contribution in [0.25, 0.3) is 0 Å². The molecule has 7 heteroatoms. The van der Waals surface area contributed by atoms with Gasteiger partial charge in [-0.15, -0.1) is 0 Å². The lowest BCUT2D eigenvalue weighted by Gasteiger charge is -2.44. The van der Waals surface area contributed by atoms with Crippen molar-refractivity contribution in [3.63, 3.8) is 0 Å². The maximum absolute atomic E-state index is 5.74. The Labute approximate surface area is 228 Å². The van der Waals surface area contributed by atoms with Gasteiger partial charge in [-0.2, -0.15) is 0 Å². The van der Waals surface area contributed by atoms with E-state index in [1.54, 1.807) is 21.3 Å². The molecule has 3 aromatic carbocycles. The van der Waals surface area contributed by atoms with Gasteiger partial charge < -0.3 is 24.0 Å². The van der Waals surface area contributed by atoms with Crippen molar-refractivity contribution in [3.8, 4) is 17.2 Å². The van der Waals surface area contributed by atoms with Crippen molar-refractivity contribution in [1.29, 1.82) is 0 Å². The third kappa shape index (κ3) is 6.17. The standard InChI is InChI=1S/C31H42N4O3/c1-32(2)26-13-9-23(10-14-26)21-34-17-8-18-35(22-24-11-15-27(16-12-24)33(3)4)31(34)25-19-28(36-5)30(38-7)29(20-25)37-6/h9-16,19-20,31H,8,17-18,21-22H2,1-7H3. The van der Waals surface area contributed by atoms with E-state index >= 15 is 0 Å². The number of hydrogen-bond donors (Lipinski definition) is 0. The number of methoxy groups -OCH3 is 3. The number of rotatable bonds is 10. The van der Waals surface area contributed by atoms with Gasteiger partial charge in [0.1, 0.15) is 0 Å². The molecule has 0 atom stereocenters. The van der Waals surface area contributed by atoms with Gasteiger partial charge in [-0.3, -0.25) is 9.80 Å². The van der Waals surface area contributed by atoms with Crippen molar-refractivity contribution in [2.24, 2.45) is 0 Å². The Morgan fingerprint density at radius 3 is 1.42 bits per heavy atom. The van der Waals surface area contributed by atoms with Crippen LogP contribution in [0.5, 0.6) is 17.2 Å². The maximum Gasteiger partial charge on any atom is 0.203 e. The highest BCUT2D eigenvalue weighted by Gasteiger charge is 2.32. The van der Waals surface area contributed by atoms with E-state index in [-0.39, 0.29) is 6.17 Å². The van der Waals surface area contributed by atoms with Gasteiger partial charge in [0.05, 0.1) is 27.5 Å². The van der Waals surface area contributed by atoms with Crippen molar-refractivity contribution in [3.05, 3.63) is 77.4 Å². The van der Waals surface area contributed by atoms with Gasteiger partial charge in [0.2, 0.25) is 5.75 Å². The minimum absolute atomic E-state index is 0.0551. The predicted molar refractivity (Wildman–Crippen MR) is 156 cm³/mol. The van der Waals surface area contributed by atoms with E-state index in [2.05, 4.69) is 108 Å². The summed E-state index contributed by atoms with van der Waals surface area (Å²) in [6, 6.07) is 21.9. The average molecular weight is 519 g/mol. The van der Waals surface area contributed by atoms with Crippen LogP contribution in [0.4, 0.5) is 11.4 Å². The summed E-state index contributed by atoms with van der Waals surface area (Å²) in [5.74, 6) is 1.97. The van der Waals surface area contributed by atoms with Gasteiger partial charge >= 0.3 is 0 Å². The zero-order valence-corrected chi connectivity index (χ0v) is 23.9. The van der Waals surface area contributed by atoms with E-state index in [1.807, 2.05) is 0 Å². The molecule has 0 bridgehead atoms. The van der Waals surface area contributed by atoms with Crippen molar-refractivity contribution in [1.82, 2.24) is 9.80 Å². The number of ether oxygens (including phenoxy) is 3. The Morgan fingerprint density at radius 2 is 1.08 bits per heavy atom. The van der Waals surface area contributed by atoms with Crippen molar-refractivity contribution >= 4 is 11.4 Å². The molecule has 0 spiro atoms. The van der Waals surface area contributed by atoms with Crippen molar-refractivity contribution < 1.29 is 14.2 Å². The fraction of sp³-hybridized carbons (Fsp3) is 0.419. The van der Waals surface area contributed by atoms with E-state index in [0.29, 0.717) is 17.2 Å². The first kappa shape index (κ1) is 27.6. The number of nitrogens with zero attached hydrogens (tertiary/aromatic N) is 4.